The first kappa shape index (κ1) is 13.7. The van der Waals surface area contributed by atoms with E-state index in [0.717, 1.165) is 12.8 Å². The number of hydrogen-bond donors (Lipinski definition) is 1. The molecule has 1 unspecified atom stereocenters. The smallest absolute Gasteiger partial charge is 0.246 e. The summed E-state index contributed by atoms with van der Waals surface area (Å²) >= 11 is 0. The van der Waals surface area contributed by atoms with Gasteiger partial charge in [-0.05, 0) is 37.1 Å². The van der Waals surface area contributed by atoms with Gasteiger partial charge in [-0.15, -0.1) is 0 Å². The zero-order valence-corrected chi connectivity index (χ0v) is 11.1. The van der Waals surface area contributed by atoms with Gasteiger partial charge in [-0.2, -0.15) is 0 Å². The van der Waals surface area contributed by atoms with E-state index in [2.05, 4.69) is 10.3 Å². The number of rotatable bonds is 6. The second kappa shape index (κ2) is 6.43. The predicted molar refractivity (Wildman–Crippen MR) is 71.4 cm³/mol. The molecule has 5 nitrogen and oxygen atoms in total. The molecule has 1 fully saturated rings. The van der Waals surface area contributed by atoms with Crippen LogP contribution in [-0.2, 0) is 16.0 Å². The lowest BCUT2D eigenvalue weighted by atomic mass is 10.2. The quantitative estimate of drug-likeness (QED) is 0.768. The maximum atomic E-state index is 12.0. The van der Waals surface area contributed by atoms with E-state index in [0.29, 0.717) is 13.1 Å². The fourth-order valence-corrected chi connectivity index (χ4v) is 2.24. The number of amides is 2. The van der Waals surface area contributed by atoms with Crippen molar-refractivity contribution in [2.45, 2.75) is 32.2 Å². The van der Waals surface area contributed by atoms with Gasteiger partial charge in [0.25, 0.3) is 0 Å². The third-order valence-electron chi connectivity index (χ3n) is 3.24. The van der Waals surface area contributed by atoms with Crippen LogP contribution in [0.15, 0.2) is 24.5 Å². The summed E-state index contributed by atoms with van der Waals surface area (Å²) in [4.78, 5) is 29.0. The van der Waals surface area contributed by atoms with Gasteiger partial charge in [0.2, 0.25) is 11.8 Å². The third kappa shape index (κ3) is 3.38. The molecule has 1 aliphatic rings. The molecule has 0 radical (unpaired) electrons. The van der Waals surface area contributed by atoms with Crippen LogP contribution in [0.1, 0.15) is 25.3 Å². The summed E-state index contributed by atoms with van der Waals surface area (Å²) < 4.78 is 0. The van der Waals surface area contributed by atoms with E-state index >= 15 is 0 Å². The molecule has 0 bridgehead atoms. The van der Waals surface area contributed by atoms with E-state index in [1.54, 1.807) is 12.4 Å². The van der Waals surface area contributed by atoms with Crippen LogP contribution in [-0.4, -0.2) is 40.8 Å². The number of likely N-dealkylation sites (tertiary alicyclic amines) is 1. The first-order valence-electron chi connectivity index (χ1n) is 6.69. The zero-order chi connectivity index (χ0) is 13.7. The van der Waals surface area contributed by atoms with E-state index in [4.69, 9.17) is 0 Å². The highest BCUT2D eigenvalue weighted by Gasteiger charge is 2.37. The van der Waals surface area contributed by atoms with Gasteiger partial charge in [0.15, 0.2) is 0 Å². The fraction of sp³-hybridized carbons (Fsp3) is 0.500. The second-order valence-electron chi connectivity index (χ2n) is 4.70. The monoisotopic (exact) mass is 261 g/mol. The first-order valence-corrected chi connectivity index (χ1v) is 6.69. The third-order valence-corrected chi connectivity index (χ3v) is 3.24. The molecule has 2 heterocycles. The summed E-state index contributed by atoms with van der Waals surface area (Å²) in [6, 6.07) is 3.56. The molecule has 0 saturated carbocycles. The Labute approximate surface area is 113 Å². The van der Waals surface area contributed by atoms with E-state index in [1.165, 1.54) is 10.5 Å². The molecule has 19 heavy (non-hydrogen) atoms. The van der Waals surface area contributed by atoms with Gasteiger partial charge in [-0.25, -0.2) is 0 Å². The lowest BCUT2D eigenvalue weighted by Gasteiger charge is -2.14. The van der Waals surface area contributed by atoms with E-state index < -0.39 is 0 Å². The van der Waals surface area contributed by atoms with Crippen molar-refractivity contribution in [2.24, 2.45) is 0 Å². The molecule has 1 saturated heterocycles. The SMILES string of the molecule is CCCN1C(=O)CC(NCCc2ccncc2)C1=O. The Hall–Kier alpha value is -1.75. The van der Waals surface area contributed by atoms with Crippen molar-refractivity contribution in [2.75, 3.05) is 13.1 Å². The van der Waals surface area contributed by atoms with Crippen LogP contribution >= 0.6 is 0 Å². The van der Waals surface area contributed by atoms with Crippen LogP contribution in [0.5, 0.6) is 0 Å². The van der Waals surface area contributed by atoms with Gasteiger partial charge in [0, 0.05) is 18.9 Å². The Morgan fingerprint density at radius 1 is 1.37 bits per heavy atom. The minimum Gasteiger partial charge on any atom is -0.305 e. The summed E-state index contributed by atoms with van der Waals surface area (Å²) in [5.74, 6) is -0.144. The van der Waals surface area contributed by atoms with Crippen molar-refractivity contribution in [3.05, 3.63) is 30.1 Å². The number of hydrogen-bond acceptors (Lipinski definition) is 4. The number of aromatic nitrogens is 1. The minimum atomic E-state index is -0.346. The molecular weight excluding hydrogens is 242 g/mol. The van der Waals surface area contributed by atoms with Gasteiger partial charge >= 0.3 is 0 Å². The molecule has 0 aromatic carbocycles. The Balaban J connectivity index is 1.81. The fourth-order valence-electron chi connectivity index (χ4n) is 2.24. The largest absolute Gasteiger partial charge is 0.305 e. The number of nitrogens with zero attached hydrogens (tertiary/aromatic N) is 2. The van der Waals surface area contributed by atoms with Crippen LogP contribution in [0.2, 0.25) is 0 Å². The lowest BCUT2D eigenvalue weighted by Crippen LogP contribution is -2.39. The molecule has 0 spiro atoms. The predicted octanol–water partition coefficient (Wildman–Crippen LogP) is 0.751. The van der Waals surface area contributed by atoms with Gasteiger partial charge < -0.3 is 5.32 Å². The van der Waals surface area contributed by atoms with E-state index in [-0.39, 0.29) is 24.3 Å². The van der Waals surface area contributed by atoms with Crippen LogP contribution in [0.3, 0.4) is 0 Å². The van der Waals surface area contributed by atoms with Crippen molar-refractivity contribution in [3.8, 4) is 0 Å². The first-order chi connectivity index (χ1) is 9.22. The van der Waals surface area contributed by atoms with Crippen LogP contribution in [0, 0.1) is 0 Å². The number of imide groups is 1. The summed E-state index contributed by atoms with van der Waals surface area (Å²) in [5, 5.41) is 3.17. The van der Waals surface area contributed by atoms with Gasteiger partial charge in [0.05, 0.1) is 12.5 Å². The molecule has 2 amide bonds. The summed E-state index contributed by atoms with van der Waals surface area (Å²) in [5.41, 5.74) is 1.17. The van der Waals surface area contributed by atoms with Crippen molar-refractivity contribution >= 4 is 11.8 Å². The Morgan fingerprint density at radius 2 is 2.11 bits per heavy atom. The Bertz CT molecular complexity index is 447. The molecular formula is C14H19N3O2. The minimum absolute atomic E-state index is 0.0618. The van der Waals surface area contributed by atoms with Crippen LogP contribution in [0.4, 0.5) is 0 Å². The number of pyridine rings is 1. The molecule has 2 rings (SSSR count). The average Bonchev–Trinajstić information content (AvgIpc) is 2.68. The molecule has 5 heteroatoms. The molecule has 1 aliphatic heterocycles. The summed E-state index contributed by atoms with van der Waals surface area (Å²) in [7, 11) is 0. The van der Waals surface area contributed by atoms with E-state index in [1.807, 2.05) is 19.1 Å². The van der Waals surface area contributed by atoms with Crippen LogP contribution in [0.25, 0.3) is 0 Å². The standard InChI is InChI=1S/C14H19N3O2/c1-2-9-17-13(18)10-12(14(17)19)16-8-5-11-3-6-15-7-4-11/h3-4,6-7,12,16H,2,5,8-10H2,1H3. The zero-order valence-electron chi connectivity index (χ0n) is 11.1. The highest BCUT2D eigenvalue weighted by molar-refractivity contribution is 6.05. The van der Waals surface area contributed by atoms with Crippen molar-refractivity contribution in [3.63, 3.8) is 0 Å². The lowest BCUT2D eigenvalue weighted by molar-refractivity contribution is -0.138. The summed E-state index contributed by atoms with van der Waals surface area (Å²) in [6.45, 7) is 3.18. The maximum Gasteiger partial charge on any atom is 0.246 e. The maximum absolute atomic E-state index is 12.0. The highest BCUT2D eigenvalue weighted by Crippen LogP contribution is 2.13. The Morgan fingerprint density at radius 3 is 2.79 bits per heavy atom. The Kier molecular flexibility index (Phi) is 4.63. The second-order valence-corrected chi connectivity index (χ2v) is 4.70. The molecule has 1 aromatic heterocycles. The number of carbonyl (C=O) groups is 2. The molecule has 1 N–H and O–H groups in total. The average molecular weight is 261 g/mol. The van der Waals surface area contributed by atoms with Crippen molar-refractivity contribution < 1.29 is 9.59 Å². The topological polar surface area (TPSA) is 62.3 Å². The molecule has 102 valence electrons. The molecule has 1 atom stereocenters. The summed E-state index contributed by atoms with van der Waals surface area (Å²) in [6.07, 6.45) is 5.43. The van der Waals surface area contributed by atoms with Gasteiger partial charge in [0.1, 0.15) is 0 Å². The molecule has 1 aromatic rings. The number of carbonyl (C=O) groups excluding carboxylic acids is 2. The van der Waals surface area contributed by atoms with Crippen molar-refractivity contribution in [1.82, 2.24) is 15.2 Å². The van der Waals surface area contributed by atoms with Crippen molar-refractivity contribution in [1.29, 1.82) is 0 Å². The highest BCUT2D eigenvalue weighted by atomic mass is 16.2. The number of nitrogens with one attached hydrogen (secondary N) is 1. The molecule has 0 aliphatic carbocycles. The van der Waals surface area contributed by atoms with Gasteiger partial charge in [-0.3, -0.25) is 19.5 Å². The normalized spacial score (nSPS) is 19.2. The van der Waals surface area contributed by atoms with E-state index in [9.17, 15) is 9.59 Å². The van der Waals surface area contributed by atoms with Gasteiger partial charge in [-0.1, -0.05) is 6.92 Å². The van der Waals surface area contributed by atoms with Crippen LogP contribution < -0.4 is 5.32 Å².